The second kappa shape index (κ2) is 19.7. The Labute approximate surface area is 247 Å². The molecule has 42 heavy (non-hydrogen) atoms. The fraction of sp³-hybridized carbons (Fsp3) is 0.375. The average molecular weight is 579 g/mol. The summed E-state index contributed by atoms with van der Waals surface area (Å²) in [7, 11) is 1.46. The van der Waals surface area contributed by atoms with Crippen LogP contribution in [0.1, 0.15) is 44.2 Å². The summed E-state index contributed by atoms with van der Waals surface area (Å²) in [5, 5.41) is 10.2. The highest BCUT2D eigenvalue weighted by Gasteiger charge is 2.21. The first-order chi connectivity index (χ1) is 20.3. The number of unbranched alkanes of at least 4 members (excludes halogenated alkanes) is 1. The van der Waals surface area contributed by atoms with Crippen LogP contribution in [0, 0.1) is 0 Å². The van der Waals surface area contributed by atoms with Crippen LogP contribution in [0.4, 0.5) is 0 Å². The van der Waals surface area contributed by atoms with E-state index in [-0.39, 0.29) is 37.3 Å². The van der Waals surface area contributed by atoms with Crippen molar-refractivity contribution in [1.82, 2.24) is 21.4 Å². The van der Waals surface area contributed by atoms with Crippen molar-refractivity contribution < 1.29 is 28.8 Å². The second-order valence-corrected chi connectivity index (χ2v) is 9.55. The van der Waals surface area contributed by atoms with Gasteiger partial charge in [0.2, 0.25) is 23.6 Å². The van der Waals surface area contributed by atoms with E-state index in [4.69, 9.17) is 9.57 Å². The van der Waals surface area contributed by atoms with Crippen molar-refractivity contribution in [3.05, 3.63) is 83.9 Å². The lowest BCUT2D eigenvalue weighted by Crippen LogP contribution is -2.51. The number of amides is 4. The first-order valence-electron chi connectivity index (χ1n) is 14.1. The fourth-order valence-electron chi connectivity index (χ4n) is 3.89. The maximum atomic E-state index is 12.7. The molecule has 1 unspecified atom stereocenters. The zero-order chi connectivity index (χ0) is 30.6. The third-order valence-electron chi connectivity index (χ3n) is 6.06. The molecule has 0 heterocycles. The van der Waals surface area contributed by atoms with Crippen LogP contribution in [0.25, 0.3) is 10.8 Å². The Morgan fingerprint density at radius 1 is 0.857 bits per heavy atom. The Hall–Kier alpha value is -4.28. The van der Waals surface area contributed by atoms with Crippen LogP contribution >= 0.6 is 0 Å². The molecule has 3 aromatic rings. The maximum absolute atomic E-state index is 12.7. The Bertz CT molecular complexity index is 1260. The first-order valence-corrected chi connectivity index (χ1v) is 14.1. The largest absolute Gasteiger partial charge is 0.382 e. The fourth-order valence-corrected chi connectivity index (χ4v) is 3.89. The van der Waals surface area contributed by atoms with Crippen LogP contribution < -0.4 is 21.4 Å². The molecule has 0 radical (unpaired) electrons. The van der Waals surface area contributed by atoms with Gasteiger partial charge in [-0.25, -0.2) is 5.48 Å². The number of aryl methyl sites for hydroxylation is 1. The normalized spacial score (nSPS) is 11.0. The third-order valence-corrected chi connectivity index (χ3v) is 6.06. The van der Waals surface area contributed by atoms with Gasteiger partial charge in [0.25, 0.3) is 0 Å². The molecule has 10 heteroatoms. The number of hydrogen-bond donors (Lipinski definition) is 4. The zero-order valence-electron chi connectivity index (χ0n) is 24.6. The van der Waals surface area contributed by atoms with Crippen LogP contribution in [0.2, 0.25) is 0 Å². The first kappa shape index (κ1) is 33.9. The molecule has 226 valence electrons. The monoisotopic (exact) mass is 578 g/mol. The molecular weight excluding hydrogens is 536 g/mol. The molecule has 0 saturated carbocycles. The Morgan fingerprint density at radius 2 is 1.57 bits per heavy atom. The number of hydrogen-bond acceptors (Lipinski definition) is 6. The summed E-state index contributed by atoms with van der Waals surface area (Å²) in [4.78, 5) is 51.9. The molecule has 0 aromatic heterocycles. The van der Waals surface area contributed by atoms with Gasteiger partial charge in [-0.05, 0) is 34.7 Å². The Morgan fingerprint density at radius 3 is 2.29 bits per heavy atom. The van der Waals surface area contributed by atoms with E-state index in [1.807, 2.05) is 72.8 Å². The molecule has 4 amide bonds. The summed E-state index contributed by atoms with van der Waals surface area (Å²) in [6.07, 6.45) is 2.95. The van der Waals surface area contributed by atoms with Gasteiger partial charge >= 0.3 is 0 Å². The highest BCUT2D eigenvalue weighted by molar-refractivity contribution is 5.91. The van der Waals surface area contributed by atoms with Crippen molar-refractivity contribution in [3.63, 3.8) is 0 Å². The molecular formula is C32H42N4O6. The highest BCUT2D eigenvalue weighted by atomic mass is 16.6. The lowest BCUT2D eigenvalue weighted by molar-refractivity contribution is -0.131. The predicted octanol–water partition coefficient (Wildman–Crippen LogP) is 3.19. The van der Waals surface area contributed by atoms with E-state index in [9.17, 15) is 19.2 Å². The molecule has 4 N–H and O–H groups in total. The smallest absolute Gasteiger partial charge is 0.245 e. The second-order valence-electron chi connectivity index (χ2n) is 9.55. The number of rotatable bonds is 15. The van der Waals surface area contributed by atoms with Gasteiger partial charge in [0.15, 0.2) is 0 Å². The summed E-state index contributed by atoms with van der Waals surface area (Å²) in [6.45, 7) is 4.24. The number of carbonyl (C=O) groups is 4. The van der Waals surface area contributed by atoms with E-state index in [1.54, 1.807) is 0 Å². The number of carbonyl (C=O) groups excluding carboxylic acids is 4. The van der Waals surface area contributed by atoms with Crippen molar-refractivity contribution in [2.45, 2.75) is 52.1 Å². The van der Waals surface area contributed by atoms with Crippen LogP contribution in [-0.2, 0) is 41.7 Å². The summed E-state index contributed by atoms with van der Waals surface area (Å²) in [5.74, 6) is -1.18. The van der Waals surface area contributed by atoms with E-state index in [2.05, 4.69) is 28.4 Å². The molecule has 0 aliphatic carbocycles. The van der Waals surface area contributed by atoms with Gasteiger partial charge in [-0.15, -0.1) is 0 Å². The number of ether oxygens (including phenoxy) is 1. The van der Waals surface area contributed by atoms with Crippen molar-refractivity contribution in [2.75, 3.05) is 26.9 Å². The third kappa shape index (κ3) is 13.4. The van der Waals surface area contributed by atoms with Gasteiger partial charge in [0.1, 0.15) is 6.04 Å². The molecule has 0 fully saturated rings. The van der Waals surface area contributed by atoms with Gasteiger partial charge in [0, 0.05) is 27.0 Å². The number of fused-ring (bicyclic) bond motifs is 1. The Balaban J connectivity index is 0.000000592. The number of hydroxylamine groups is 1. The zero-order valence-corrected chi connectivity index (χ0v) is 24.6. The van der Waals surface area contributed by atoms with E-state index < -0.39 is 11.9 Å². The molecule has 0 spiro atoms. The van der Waals surface area contributed by atoms with Crippen molar-refractivity contribution in [1.29, 1.82) is 0 Å². The standard InChI is InChI=1S/C26H29N3O4.C6H13NO2/c1-33-18-23(26(32)28-16-21-12-7-11-20-10-5-6-13-22(20)21)29-25(31)17-27-24(30)15-14-19-8-3-2-4-9-19;1-3-4-5-9-7-6(2)8/h2-13,23H,14-18H2,1H3,(H,27,30)(H,28,32)(H,29,31);3-5H2,1-2H3,(H,7,8). The molecule has 0 saturated heterocycles. The van der Waals surface area contributed by atoms with Crippen molar-refractivity contribution >= 4 is 34.4 Å². The van der Waals surface area contributed by atoms with E-state index >= 15 is 0 Å². The molecule has 0 aliphatic heterocycles. The molecule has 3 aromatic carbocycles. The van der Waals surface area contributed by atoms with E-state index in [1.165, 1.54) is 14.0 Å². The Kier molecular flexibility index (Phi) is 15.9. The van der Waals surface area contributed by atoms with E-state index in [0.29, 0.717) is 19.6 Å². The molecule has 1 atom stereocenters. The number of benzene rings is 3. The van der Waals surface area contributed by atoms with Crippen molar-refractivity contribution in [3.8, 4) is 0 Å². The molecule has 0 aliphatic rings. The average Bonchev–Trinajstić information content (AvgIpc) is 3.00. The highest BCUT2D eigenvalue weighted by Crippen LogP contribution is 2.18. The minimum absolute atomic E-state index is 0.0229. The minimum atomic E-state index is -0.862. The maximum Gasteiger partial charge on any atom is 0.245 e. The van der Waals surface area contributed by atoms with Crippen LogP contribution in [0.3, 0.4) is 0 Å². The number of nitrogens with one attached hydrogen (secondary N) is 4. The molecule has 3 rings (SSSR count). The summed E-state index contributed by atoms with van der Waals surface area (Å²) >= 11 is 0. The molecule has 0 bridgehead atoms. The van der Waals surface area contributed by atoms with Crippen LogP contribution in [-0.4, -0.2) is 56.5 Å². The van der Waals surface area contributed by atoms with Gasteiger partial charge < -0.3 is 20.7 Å². The van der Waals surface area contributed by atoms with E-state index in [0.717, 1.165) is 34.7 Å². The SMILES string of the molecule is CCCCONC(C)=O.COCC(NC(=O)CNC(=O)CCc1ccccc1)C(=O)NCc1cccc2ccccc12. The minimum Gasteiger partial charge on any atom is -0.382 e. The summed E-state index contributed by atoms with van der Waals surface area (Å²) in [5.41, 5.74) is 4.28. The van der Waals surface area contributed by atoms with Gasteiger partial charge in [-0.2, -0.15) is 0 Å². The molecule has 10 nitrogen and oxygen atoms in total. The van der Waals surface area contributed by atoms with Gasteiger partial charge in [0.05, 0.1) is 19.8 Å². The van der Waals surface area contributed by atoms with Crippen LogP contribution in [0.5, 0.6) is 0 Å². The summed E-state index contributed by atoms with van der Waals surface area (Å²) < 4.78 is 5.10. The van der Waals surface area contributed by atoms with Crippen LogP contribution in [0.15, 0.2) is 72.8 Å². The predicted molar refractivity (Wildman–Crippen MR) is 162 cm³/mol. The topological polar surface area (TPSA) is 135 Å². The summed E-state index contributed by atoms with van der Waals surface area (Å²) in [6, 6.07) is 22.7. The van der Waals surface area contributed by atoms with Crippen molar-refractivity contribution in [2.24, 2.45) is 0 Å². The van der Waals surface area contributed by atoms with Gasteiger partial charge in [-0.1, -0.05) is 86.1 Å². The number of methoxy groups -OCH3 is 1. The lowest BCUT2D eigenvalue weighted by atomic mass is 10.0. The quantitative estimate of drug-likeness (QED) is 0.162. The van der Waals surface area contributed by atoms with Gasteiger partial charge in [-0.3, -0.25) is 24.0 Å². The lowest BCUT2D eigenvalue weighted by Gasteiger charge is -2.18.